The van der Waals surface area contributed by atoms with E-state index in [1.807, 2.05) is 6.92 Å². The van der Waals surface area contributed by atoms with Crippen molar-refractivity contribution in [2.24, 2.45) is 0 Å². The smallest absolute Gasteiger partial charge is 0.258 e. The molecule has 0 aliphatic rings. The number of nitrogens with zero attached hydrogens (tertiary/aromatic N) is 2. The van der Waals surface area contributed by atoms with Crippen LogP contribution in [0.5, 0.6) is 5.75 Å². The number of hydrogen-bond acceptors (Lipinski definition) is 5. The van der Waals surface area contributed by atoms with Gasteiger partial charge in [-0.15, -0.1) is 0 Å². The van der Waals surface area contributed by atoms with Gasteiger partial charge in [-0.1, -0.05) is 0 Å². The second kappa shape index (κ2) is 5.81. The summed E-state index contributed by atoms with van der Waals surface area (Å²) in [5, 5.41) is 2.58. The molecule has 0 saturated carbocycles. The Hall–Kier alpha value is -2.63. The second-order valence-corrected chi connectivity index (χ2v) is 3.75. The van der Waals surface area contributed by atoms with Crippen molar-refractivity contribution in [3.8, 4) is 5.75 Å². The van der Waals surface area contributed by atoms with Crippen molar-refractivity contribution in [3.05, 3.63) is 42.2 Å². The van der Waals surface area contributed by atoms with Crippen molar-refractivity contribution in [2.45, 2.75) is 6.92 Å². The number of nitrogens with two attached hydrogens (primary N) is 1. The standard InChI is InChI=1S/C13H14N4O2/c1-2-19-11-7-9(6-10(14)8-11)12(18)17-13-15-4-3-5-16-13/h3-8H,2,14H2,1H3,(H,15,16,17,18). The number of amides is 1. The highest BCUT2D eigenvalue weighted by molar-refractivity contribution is 6.04. The fourth-order valence-corrected chi connectivity index (χ4v) is 1.54. The molecule has 0 unspecified atom stereocenters. The highest BCUT2D eigenvalue weighted by Crippen LogP contribution is 2.19. The first-order valence-corrected chi connectivity index (χ1v) is 5.81. The van der Waals surface area contributed by atoms with Gasteiger partial charge in [0.05, 0.1) is 6.61 Å². The van der Waals surface area contributed by atoms with E-state index in [1.54, 1.807) is 36.7 Å². The highest BCUT2D eigenvalue weighted by Gasteiger charge is 2.10. The van der Waals surface area contributed by atoms with Crippen LogP contribution in [0, 0.1) is 0 Å². The first kappa shape index (κ1) is 12.8. The van der Waals surface area contributed by atoms with Gasteiger partial charge in [0.15, 0.2) is 0 Å². The van der Waals surface area contributed by atoms with Crippen molar-refractivity contribution in [3.63, 3.8) is 0 Å². The molecule has 1 aromatic carbocycles. The second-order valence-electron chi connectivity index (χ2n) is 3.75. The lowest BCUT2D eigenvalue weighted by Crippen LogP contribution is -2.14. The minimum Gasteiger partial charge on any atom is -0.494 e. The van der Waals surface area contributed by atoms with Crippen molar-refractivity contribution in [2.75, 3.05) is 17.7 Å². The fraction of sp³-hybridized carbons (Fsp3) is 0.154. The number of carbonyl (C=O) groups excluding carboxylic acids is 1. The average Bonchev–Trinajstić information content (AvgIpc) is 2.39. The van der Waals surface area contributed by atoms with Gasteiger partial charge in [-0.05, 0) is 25.1 Å². The molecule has 0 saturated heterocycles. The Morgan fingerprint density at radius 1 is 1.32 bits per heavy atom. The third-order valence-corrected chi connectivity index (χ3v) is 2.29. The van der Waals surface area contributed by atoms with Gasteiger partial charge in [0, 0.05) is 29.7 Å². The Kier molecular flexibility index (Phi) is 3.92. The van der Waals surface area contributed by atoms with Gasteiger partial charge in [0.25, 0.3) is 5.91 Å². The molecule has 0 atom stereocenters. The number of rotatable bonds is 4. The molecule has 0 fully saturated rings. The van der Waals surface area contributed by atoms with Crippen LogP contribution in [0.4, 0.5) is 11.6 Å². The molecular weight excluding hydrogens is 244 g/mol. The summed E-state index contributed by atoms with van der Waals surface area (Å²) in [5.41, 5.74) is 6.59. The van der Waals surface area contributed by atoms with Gasteiger partial charge < -0.3 is 10.5 Å². The molecule has 2 aromatic rings. The zero-order chi connectivity index (χ0) is 13.7. The molecule has 6 heteroatoms. The molecule has 1 heterocycles. The lowest BCUT2D eigenvalue weighted by atomic mass is 10.2. The number of nitrogens with one attached hydrogen (secondary N) is 1. The Balaban J connectivity index is 2.19. The quantitative estimate of drug-likeness (QED) is 0.815. The van der Waals surface area contributed by atoms with E-state index < -0.39 is 0 Å². The number of aromatic nitrogens is 2. The van der Waals surface area contributed by atoms with E-state index in [0.29, 0.717) is 23.6 Å². The molecule has 19 heavy (non-hydrogen) atoms. The Bertz CT molecular complexity index is 572. The predicted molar refractivity (Wildman–Crippen MR) is 72.0 cm³/mol. The molecule has 0 aliphatic carbocycles. The molecule has 0 radical (unpaired) electrons. The molecule has 98 valence electrons. The topological polar surface area (TPSA) is 90.1 Å². The number of anilines is 2. The van der Waals surface area contributed by atoms with Crippen LogP contribution in [0.25, 0.3) is 0 Å². The summed E-state index contributed by atoms with van der Waals surface area (Å²) in [4.78, 5) is 19.9. The number of benzene rings is 1. The summed E-state index contributed by atoms with van der Waals surface area (Å²) < 4.78 is 5.34. The average molecular weight is 258 g/mol. The molecule has 0 aliphatic heterocycles. The molecular formula is C13H14N4O2. The summed E-state index contributed by atoms with van der Waals surface area (Å²) in [7, 11) is 0. The number of carbonyl (C=O) groups is 1. The van der Waals surface area contributed by atoms with Crippen LogP contribution in [0.1, 0.15) is 17.3 Å². The first-order chi connectivity index (χ1) is 9.19. The maximum Gasteiger partial charge on any atom is 0.258 e. The lowest BCUT2D eigenvalue weighted by molar-refractivity contribution is 0.102. The van der Waals surface area contributed by atoms with Gasteiger partial charge in [-0.25, -0.2) is 9.97 Å². The summed E-state index contributed by atoms with van der Waals surface area (Å²) in [6, 6.07) is 6.53. The van der Waals surface area contributed by atoms with E-state index in [9.17, 15) is 4.79 Å². The fourth-order valence-electron chi connectivity index (χ4n) is 1.54. The van der Waals surface area contributed by atoms with Crippen molar-refractivity contribution in [1.82, 2.24) is 9.97 Å². The molecule has 1 amide bonds. The van der Waals surface area contributed by atoms with Gasteiger partial charge in [0.2, 0.25) is 5.95 Å². The highest BCUT2D eigenvalue weighted by atomic mass is 16.5. The van der Waals surface area contributed by atoms with E-state index in [2.05, 4.69) is 15.3 Å². The van der Waals surface area contributed by atoms with Crippen LogP contribution in [0.3, 0.4) is 0 Å². The Morgan fingerprint density at radius 2 is 2.05 bits per heavy atom. The third kappa shape index (κ3) is 3.41. The first-order valence-electron chi connectivity index (χ1n) is 5.81. The maximum atomic E-state index is 12.0. The van der Waals surface area contributed by atoms with Crippen molar-refractivity contribution < 1.29 is 9.53 Å². The third-order valence-electron chi connectivity index (χ3n) is 2.29. The van der Waals surface area contributed by atoms with E-state index in [4.69, 9.17) is 10.5 Å². The predicted octanol–water partition coefficient (Wildman–Crippen LogP) is 1.71. The minimum atomic E-state index is -0.334. The van der Waals surface area contributed by atoms with Crippen LogP contribution < -0.4 is 15.8 Å². The summed E-state index contributed by atoms with van der Waals surface area (Å²) in [6.07, 6.45) is 3.10. The SMILES string of the molecule is CCOc1cc(N)cc(C(=O)Nc2ncccn2)c1. The van der Waals surface area contributed by atoms with Gasteiger partial charge in [-0.2, -0.15) is 0 Å². The van der Waals surface area contributed by atoms with Crippen LogP contribution >= 0.6 is 0 Å². The van der Waals surface area contributed by atoms with E-state index in [-0.39, 0.29) is 11.9 Å². The largest absolute Gasteiger partial charge is 0.494 e. The van der Waals surface area contributed by atoms with Gasteiger partial charge in [-0.3, -0.25) is 10.1 Å². The van der Waals surface area contributed by atoms with Crippen molar-refractivity contribution in [1.29, 1.82) is 0 Å². The molecule has 6 nitrogen and oxygen atoms in total. The minimum absolute atomic E-state index is 0.243. The Labute approximate surface area is 110 Å². The van der Waals surface area contributed by atoms with Crippen molar-refractivity contribution >= 4 is 17.5 Å². The lowest BCUT2D eigenvalue weighted by Gasteiger charge is -2.08. The zero-order valence-corrected chi connectivity index (χ0v) is 10.5. The van der Waals surface area contributed by atoms with E-state index in [0.717, 1.165) is 0 Å². The van der Waals surface area contributed by atoms with Crippen LogP contribution in [0.15, 0.2) is 36.7 Å². The zero-order valence-electron chi connectivity index (χ0n) is 10.5. The monoisotopic (exact) mass is 258 g/mol. The van der Waals surface area contributed by atoms with E-state index >= 15 is 0 Å². The molecule has 3 N–H and O–H groups in total. The van der Waals surface area contributed by atoms with E-state index in [1.165, 1.54) is 0 Å². The summed E-state index contributed by atoms with van der Waals surface area (Å²) >= 11 is 0. The molecule has 0 bridgehead atoms. The molecule has 2 rings (SSSR count). The summed E-state index contributed by atoms with van der Waals surface area (Å²) in [5.74, 6) is 0.467. The number of hydrogen-bond donors (Lipinski definition) is 2. The number of ether oxygens (including phenoxy) is 1. The van der Waals surface area contributed by atoms with Gasteiger partial charge in [0.1, 0.15) is 5.75 Å². The maximum absolute atomic E-state index is 12.0. The van der Waals surface area contributed by atoms with Crippen LogP contribution in [-0.4, -0.2) is 22.5 Å². The normalized spacial score (nSPS) is 9.95. The van der Waals surface area contributed by atoms with Crippen LogP contribution in [0.2, 0.25) is 0 Å². The number of nitrogen functional groups attached to an aromatic ring is 1. The summed E-state index contributed by atoms with van der Waals surface area (Å²) in [6.45, 7) is 2.37. The molecule has 1 aromatic heterocycles. The Morgan fingerprint density at radius 3 is 2.74 bits per heavy atom. The van der Waals surface area contributed by atoms with Gasteiger partial charge >= 0.3 is 0 Å². The molecule has 0 spiro atoms. The van der Waals surface area contributed by atoms with Crippen LogP contribution in [-0.2, 0) is 0 Å².